The minimum atomic E-state index is -0.104. The summed E-state index contributed by atoms with van der Waals surface area (Å²) in [5, 5.41) is 6.99. The van der Waals surface area contributed by atoms with Gasteiger partial charge in [0.1, 0.15) is 11.4 Å². The molecule has 0 aromatic carbocycles. The largest absolute Gasteiger partial charge is 0.337 e. The van der Waals surface area contributed by atoms with Crippen LogP contribution < -0.4 is 0 Å². The normalized spacial score (nSPS) is 11.9. The van der Waals surface area contributed by atoms with Crippen molar-refractivity contribution in [2.24, 2.45) is 0 Å². The zero-order chi connectivity index (χ0) is 16.9. The van der Waals surface area contributed by atoms with Crippen LogP contribution >= 0.6 is 0 Å². The molecule has 3 aromatic heterocycles. The second-order valence-electron chi connectivity index (χ2n) is 5.67. The van der Waals surface area contributed by atoms with Crippen molar-refractivity contribution in [3.05, 3.63) is 66.2 Å². The molecule has 0 spiro atoms. The molecule has 0 radical (unpaired) electrons. The summed E-state index contributed by atoms with van der Waals surface area (Å²) in [5.74, 6) is -0.104. The fourth-order valence-electron chi connectivity index (χ4n) is 2.43. The molecule has 0 aliphatic heterocycles. The molecule has 0 aliphatic carbocycles. The maximum Gasteiger partial charge on any atom is 0.271 e. The molecule has 1 amide bonds. The van der Waals surface area contributed by atoms with Crippen LogP contribution in [0.15, 0.2) is 54.9 Å². The second-order valence-corrected chi connectivity index (χ2v) is 5.67. The standard InChI is InChI=1S/C18H19N5O/c1-13(11-14-7-3-5-9-19-14)23(2)18(24)17-12-16(21-22-17)15-8-4-6-10-20-15/h3-10,12-13H,11H2,1-2H3,(H,21,22)/t13-/m1/s1. The van der Waals surface area contributed by atoms with Crippen LogP contribution in [0, 0.1) is 0 Å². The van der Waals surface area contributed by atoms with E-state index in [4.69, 9.17) is 0 Å². The Morgan fingerprint density at radius 2 is 1.88 bits per heavy atom. The summed E-state index contributed by atoms with van der Waals surface area (Å²) in [6.07, 6.45) is 4.16. The van der Waals surface area contributed by atoms with Gasteiger partial charge in [-0.2, -0.15) is 5.10 Å². The molecule has 3 aromatic rings. The minimum Gasteiger partial charge on any atom is -0.337 e. The molecule has 0 fully saturated rings. The highest BCUT2D eigenvalue weighted by Crippen LogP contribution is 2.16. The average Bonchev–Trinajstić information content (AvgIpc) is 3.12. The molecule has 122 valence electrons. The van der Waals surface area contributed by atoms with Gasteiger partial charge in [-0.1, -0.05) is 12.1 Å². The summed E-state index contributed by atoms with van der Waals surface area (Å²) < 4.78 is 0. The van der Waals surface area contributed by atoms with Gasteiger partial charge >= 0.3 is 0 Å². The summed E-state index contributed by atoms with van der Waals surface area (Å²) in [5.41, 5.74) is 2.80. The number of nitrogens with zero attached hydrogens (tertiary/aromatic N) is 4. The number of rotatable bonds is 5. The summed E-state index contributed by atoms with van der Waals surface area (Å²) in [6.45, 7) is 2.00. The van der Waals surface area contributed by atoms with Gasteiger partial charge in [-0.05, 0) is 37.3 Å². The lowest BCUT2D eigenvalue weighted by Crippen LogP contribution is -2.36. The summed E-state index contributed by atoms with van der Waals surface area (Å²) >= 11 is 0. The number of likely N-dealkylation sites (N-methyl/N-ethyl adjacent to an activating group) is 1. The molecule has 6 nitrogen and oxygen atoms in total. The zero-order valence-electron chi connectivity index (χ0n) is 13.7. The van der Waals surface area contributed by atoms with Crippen LogP contribution in [0.4, 0.5) is 0 Å². The third-order valence-corrected chi connectivity index (χ3v) is 3.95. The lowest BCUT2D eigenvalue weighted by atomic mass is 10.1. The van der Waals surface area contributed by atoms with E-state index in [0.717, 1.165) is 11.4 Å². The Labute approximate surface area is 140 Å². The van der Waals surface area contributed by atoms with Crippen molar-refractivity contribution in [2.75, 3.05) is 7.05 Å². The summed E-state index contributed by atoms with van der Waals surface area (Å²) in [6, 6.07) is 13.1. The highest BCUT2D eigenvalue weighted by Gasteiger charge is 2.20. The van der Waals surface area contributed by atoms with Gasteiger partial charge in [0.2, 0.25) is 0 Å². The van der Waals surface area contributed by atoms with Crippen LogP contribution in [0.5, 0.6) is 0 Å². The number of aromatic nitrogens is 4. The van der Waals surface area contributed by atoms with Crippen LogP contribution in [0.2, 0.25) is 0 Å². The molecule has 0 bridgehead atoms. The number of amides is 1. The van der Waals surface area contributed by atoms with Crippen LogP contribution in [0.1, 0.15) is 23.1 Å². The van der Waals surface area contributed by atoms with E-state index in [1.807, 2.05) is 43.3 Å². The maximum absolute atomic E-state index is 12.6. The highest BCUT2D eigenvalue weighted by molar-refractivity contribution is 5.93. The van der Waals surface area contributed by atoms with E-state index >= 15 is 0 Å². The number of carbonyl (C=O) groups excluding carboxylic acids is 1. The topological polar surface area (TPSA) is 74.8 Å². The van der Waals surface area contributed by atoms with Crippen molar-refractivity contribution in [3.8, 4) is 11.4 Å². The highest BCUT2D eigenvalue weighted by atomic mass is 16.2. The lowest BCUT2D eigenvalue weighted by Gasteiger charge is -2.24. The average molecular weight is 321 g/mol. The van der Waals surface area contributed by atoms with E-state index in [0.29, 0.717) is 17.8 Å². The van der Waals surface area contributed by atoms with E-state index in [1.165, 1.54) is 0 Å². The third-order valence-electron chi connectivity index (χ3n) is 3.95. The third kappa shape index (κ3) is 3.48. The Morgan fingerprint density at radius 3 is 2.54 bits per heavy atom. The van der Waals surface area contributed by atoms with Crippen molar-refractivity contribution < 1.29 is 4.79 Å². The molecular weight excluding hydrogens is 302 g/mol. The van der Waals surface area contributed by atoms with Gasteiger partial charge in [0.15, 0.2) is 0 Å². The Balaban J connectivity index is 1.71. The number of nitrogens with one attached hydrogen (secondary N) is 1. The first-order chi connectivity index (χ1) is 11.6. The molecule has 1 N–H and O–H groups in total. The van der Waals surface area contributed by atoms with E-state index < -0.39 is 0 Å². The SMILES string of the molecule is C[C@H](Cc1ccccn1)N(C)C(=O)c1cc(-c2ccccn2)n[nH]1. The smallest absolute Gasteiger partial charge is 0.271 e. The molecule has 3 heterocycles. The fraction of sp³-hybridized carbons (Fsp3) is 0.222. The predicted octanol–water partition coefficient (Wildman–Crippen LogP) is 2.57. The maximum atomic E-state index is 12.6. The first-order valence-electron chi connectivity index (χ1n) is 7.79. The Bertz CT molecular complexity index is 801. The number of aromatic amines is 1. The van der Waals surface area contributed by atoms with Gasteiger partial charge in [0.25, 0.3) is 5.91 Å². The quantitative estimate of drug-likeness (QED) is 0.784. The van der Waals surface area contributed by atoms with Gasteiger partial charge in [-0.15, -0.1) is 0 Å². The van der Waals surface area contributed by atoms with Gasteiger partial charge in [-0.3, -0.25) is 19.9 Å². The molecule has 0 aliphatic rings. The fourth-order valence-corrected chi connectivity index (χ4v) is 2.43. The summed E-state index contributed by atoms with van der Waals surface area (Å²) in [4.78, 5) is 22.9. The summed E-state index contributed by atoms with van der Waals surface area (Å²) in [7, 11) is 1.79. The van der Waals surface area contributed by atoms with Gasteiger partial charge in [0, 0.05) is 37.6 Å². The minimum absolute atomic E-state index is 0.0222. The molecule has 3 rings (SSSR count). The van der Waals surface area contributed by atoms with Gasteiger partial charge in [-0.25, -0.2) is 0 Å². The van der Waals surface area contributed by atoms with Gasteiger partial charge in [0.05, 0.1) is 5.69 Å². The lowest BCUT2D eigenvalue weighted by molar-refractivity contribution is 0.0737. The van der Waals surface area contributed by atoms with Crippen molar-refractivity contribution in [3.63, 3.8) is 0 Å². The first-order valence-corrected chi connectivity index (χ1v) is 7.79. The van der Waals surface area contributed by atoms with Crippen molar-refractivity contribution in [1.29, 1.82) is 0 Å². The molecule has 1 atom stereocenters. The van der Waals surface area contributed by atoms with E-state index in [1.54, 1.807) is 30.4 Å². The van der Waals surface area contributed by atoms with E-state index in [9.17, 15) is 4.79 Å². The number of pyridine rings is 2. The van der Waals surface area contributed by atoms with Crippen LogP contribution in [-0.2, 0) is 6.42 Å². The molecule has 0 unspecified atom stereocenters. The van der Waals surface area contributed by atoms with Crippen LogP contribution in [0.3, 0.4) is 0 Å². The molecule has 6 heteroatoms. The predicted molar refractivity (Wildman–Crippen MR) is 91.3 cm³/mol. The molecule has 0 saturated heterocycles. The Hall–Kier alpha value is -3.02. The van der Waals surface area contributed by atoms with E-state index in [-0.39, 0.29) is 11.9 Å². The van der Waals surface area contributed by atoms with Crippen LogP contribution in [-0.4, -0.2) is 44.1 Å². The van der Waals surface area contributed by atoms with Gasteiger partial charge < -0.3 is 4.90 Å². The van der Waals surface area contributed by atoms with E-state index in [2.05, 4.69) is 20.2 Å². The van der Waals surface area contributed by atoms with Crippen molar-refractivity contribution in [2.45, 2.75) is 19.4 Å². The Kier molecular flexibility index (Phi) is 4.65. The zero-order valence-corrected chi connectivity index (χ0v) is 13.7. The molecule has 24 heavy (non-hydrogen) atoms. The second kappa shape index (κ2) is 7.04. The monoisotopic (exact) mass is 321 g/mol. The number of carbonyl (C=O) groups is 1. The first kappa shape index (κ1) is 15.9. The van der Waals surface area contributed by atoms with Crippen molar-refractivity contribution in [1.82, 2.24) is 25.1 Å². The van der Waals surface area contributed by atoms with Crippen LogP contribution in [0.25, 0.3) is 11.4 Å². The molecule has 0 saturated carbocycles. The molecular formula is C18H19N5O. The number of hydrogen-bond acceptors (Lipinski definition) is 4. The number of hydrogen-bond donors (Lipinski definition) is 1. The van der Waals surface area contributed by atoms with Crippen molar-refractivity contribution >= 4 is 5.91 Å². The Morgan fingerprint density at radius 1 is 1.12 bits per heavy atom. The number of H-pyrrole nitrogens is 1.